The minimum Gasteiger partial charge on any atom is -0.506 e. The smallest absolute Gasteiger partial charge is 0.266 e. The molecule has 2 aromatic rings. The van der Waals surface area contributed by atoms with Crippen molar-refractivity contribution in [2.24, 2.45) is 0 Å². The Morgan fingerprint density at radius 1 is 1.27 bits per heavy atom. The van der Waals surface area contributed by atoms with Gasteiger partial charge in [0.2, 0.25) is 5.91 Å². The number of benzene rings is 1. The van der Waals surface area contributed by atoms with E-state index < -0.39 is 0 Å². The number of para-hydroxylation sites is 2. The van der Waals surface area contributed by atoms with Gasteiger partial charge in [-0.25, -0.2) is 0 Å². The average molecular weight is 405 g/mol. The maximum Gasteiger partial charge on any atom is 0.266 e. The molecular weight excluding hydrogens is 388 g/mol. The summed E-state index contributed by atoms with van der Waals surface area (Å²) < 4.78 is 0.513. The zero-order chi connectivity index (χ0) is 18.5. The molecule has 2 amide bonds. The largest absolute Gasteiger partial charge is 0.506 e. The second-order valence-electron chi connectivity index (χ2n) is 5.52. The van der Waals surface area contributed by atoms with Gasteiger partial charge >= 0.3 is 0 Å². The molecule has 26 heavy (non-hydrogen) atoms. The maximum atomic E-state index is 12.5. The van der Waals surface area contributed by atoms with E-state index in [1.165, 1.54) is 22.7 Å². The summed E-state index contributed by atoms with van der Waals surface area (Å²) in [4.78, 5) is 27.6. The fourth-order valence-corrected chi connectivity index (χ4v) is 4.42. The molecule has 5 nitrogen and oxygen atoms in total. The average Bonchev–Trinajstić information content (AvgIpc) is 3.21. The van der Waals surface area contributed by atoms with Gasteiger partial charge in [0.1, 0.15) is 10.1 Å². The first-order valence-corrected chi connectivity index (χ1v) is 10.0. The third-order valence-electron chi connectivity index (χ3n) is 3.65. The molecule has 1 fully saturated rings. The second kappa shape index (κ2) is 8.48. The number of amides is 2. The molecule has 1 aliphatic rings. The Kier molecular flexibility index (Phi) is 6.08. The summed E-state index contributed by atoms with van der Waals surface area (Å²) in [5.74, 6) is -0.308. The summed E-state index contributed by atoms with van der Waals surface area (Å²) in [5.41, 5.74) is 0.377. The van der Waals surface area contributed by atoms with Crippen LogP contribution in [0.1, 0.15) is 17.7 Å². The first-order chi connectivity index (χ1) is 12.5. The number of thioether (sulfide) groups is 1. The van der Waals surface area contributed by atoms with E-state index >= 15 is 0 Å². The van der Waals surface area contributed by atoms with Crippen LogP contribution >= 0.6 is 35.3 Å². The lowest BCUT2D eigenvalue weighted by Gasteiger charge is -2.14. The first-order valence-electron chi connectivity index (χ1n) is 7.91. The number of hydrogen-bond acceptors (Lipinski definition) is 6. The molecule has 134 valence electrons. The van der Waals surface area contributed by atoms with Crippen LogP contribution in [-0.2, 0) is 9.59 Å². The summed E-state index contributed by atoms with van der Waals surface area (Å²) in [6.45, 7) is 0.390. The Morgan fingerprint density at radius 2 is 2.08 bits per heavy atom. The number of hydrogen-bond donors (Lipinski definition) is 2. The molecule has 1 saturated heterocycles. The zero-order valence-electron chi connectivity index (χ0n) is 13.7. The molecular formula is C18H16N2O3S3. The number of thiocarbonyl (C=S) groups is 1. The van der Waals surface area contributed by atoms with E-state index in [-0.39, 0.29) is 24.0 Å². The van der Waals surface area contributed by atoms with Crippen LogP contribution in [0.4, 0.5) is 5.69 Å². The van der Waals surface area contributed by atoms with Crippen molar-refractivity contribution in [2.45, 2.75) is 12.8 Å². The Bertz CT molecular complexity index is 862. The van der Waals surface area contributed by atoms with Crippen LogP contribution in [0.5, 0.6) is 5.75 Å². The summed E-state index contributed by atoms with van der Waals surface area (Å²) in [6.07, 6.45) is 2.56. The quantitative estimate of drug-likeness (QED) is 0.431. The van der Waals surface area contributed by atoms with Gasteiger partial charge in [0, 0.05) is 17.8 Å². The van der Waals surface area contributed by atoms with Crippen molar-refractivity contribution in [3.05, 3.63) is 51.6 Å². The monoisotopic (exact) mass is 404 g/mol. The zero-order valence-corrected chi connectivity index (χ0v) is 16.1. The Hall–Kier alpha value is -2.16. The summed E-state index contributed by atoms with van der Waals surface area (Å²) >= 11 is 8.13. The number of nitrogens with zero attached hydrogens (tertiary/aromatic N) is 1. The lowest BCUT2D eigenvalue weighted by atomic mass is 10.2. The van der Waals surface area contributed by atoms with Crippen molar-refractivity contribution in [2.75, 3.05) is 11.9 Å². The number of carbonyl (C=O) groups excluding carboxylic acids is 2. The van der Waals surface area contributed by atoms with Crippen LogP contribution in [0.3, 0.4) is 0 Å². The van der Waals surface area contributed by atoms with E-state index in [1.807, 2.05) is 23.6 Å². The fraction of sp³-hybridized carbons (Fsp3) is 0.167. The number of carbonyl (C=O) groups is 2. The molecule has 0 bridgehead atoms. The Labute approximate surface area is 164 Å². The number of phenolic OH excluding ortho intramolecular Hbond substituents is 1. The van der Waals surface area contributed by atoms with E-state index in [4.69, 9.17) is 12.2 Å². The predicted molar refractivity (Wildman–Crippen MR) is 110 cm³/mol. The number of nitrogens with one attached hydrogen (secondary N) is 1. The van der Waals surface area contributed by atoms with Gasteiger partial charge in [-0.15, -0.1) is 11.3 Å². The van der Waals surface area contributed by atoms with E-state index in [1.54, 1.807) is 29.5 Å². The minimum atomic E-state index is -0.217. The number of rotatable bonds is 6. The van der Waals surface area contributed by atoms with Gasteiger partial charge < -0.3 is 10.4 Å². The standard InChI is InChI=1S/C18H16N2O3S3/c21-14-7-2-1-6-13(14)19-16(22)8-3-9-20-17(23)15(26-18(20)24)11-12-5-4-10-25-12/h1-2,4-7,10-11,21H,3,8-9H2,(H,19,22)/b15-11-. The van der Waals surface area contributed by atoms with Gasteiger partial charge in [-0.05, 0) is 36.1 Å². The Morgan fingerprint density at radius 3 is 2.81 bits per heavy atom. The highest BCUT2D eigenvalue weighted by Crippen LogP contribution is 2.33. The molecule has 1 aromatic heterocycles. The lowest BCUT2D eigenvalue weighted by molar-refractivity contribution is -0.122. The Balaban J connectivity index is 1.52. The minimum absolute atomic E-state index is 0.0245. The van der Waals surface area contributed by atoms with Crippen LogP contribution in [0, 0.1) is 0 Å². The third-order valence-corrected chi connectivity index (χ3v) is 5.85. The molecule has 0 atom stereocenters. The SMILES string of the molecule is O=C(CCCN1C(=O)/C(=C/c2cccs2)SC1=S)Nc1ccccc1O. The molecule has 0 unspecified atom stereocenters. The summed E-state index contributed by atoms with van der Waals surface area (Å²) in [7, 11) is 0. The van der Waals surface area contributed by atoms with Gasteiger partial charge in [-0.3, -0.25) is 14.5 Å². The molecule has 0 radical (unpaired) electrons. The summed E-state index contributed by atoms with van der Waals surface area (Å²) in [5, 5.41) is 14.3. The van der Waals surface area contributed by atoms with Crippen LogP contribution < -0.4 is 5.32 Å². The van der Waals surface area contributed by atoms with E-state index in [0.29, 0.717) is 27.9 Å². The summed E-state index contributed by atoms with van der Waals surface area (Å²) in [6, 6.07) is 10.4. The molecule has 1 aromatic carbocycles. The lowest BCUT2D eigenvalue weighted by Crippen LogP contribution is -2.29. The van der Waals surface area contributed by atoms with Crippen molar-refractivity contribution in [1.82, 2.24) is 4.90 Å². The highest BCUT2D eigenvalue weighted by molar-refractivity contribution is 8.26. The number of phenols is 1. The molecule has 0 spiro atoms. The molecule has 2 N–H and O–H groups in total. The molecule has 2 heterocycles. The number of anilines is 1. The van der Waals surface area contributed by atoms with E-state index in [9.17, 15) is 14.7 Å². The molecule has 8 heteroatoms. The highest BCUT2D eigenvalue weighted by atomic mass is 32.2. The van der Waals surface area contributed by atoms with Crippen molar-refractivity contribution in [1.29, 1.82) is 0 Å². The maximum absolute atomic E-state index is 12.5. The topological polar surface area (TPSA) is 69.6 Å². The van der Waals surface area contributed by atoms with Crippen molar-refractivity contribution >= 4 is 63.2 Å². The third kappa shape index (κ3) is 4.51. The van der Waals surface area contributed by atoms with Crippen molar-refractivity contribution in [3.8, 4) is 5.75 Å². The van der Waals surface area contributed by atoms with Gasteiger partial charge in [0.15, 0.2) is 0 Å². The van der Waals surface area contributed by atoms with Gasteiger partial charge in [-0.1, -0.05) is 42.2 Å². The second-order valence-corrected chi connectivity index (χ2v) is 8.17. The number of thiophene rings is 1. The van der Waals surface area contributed by atoms with Crippen LogP contribution in [0.15, 0.2) is 46.7 Å². The van der Waals surface area contributed by atoms with Crippen LogP contribution in [0.25, 0.3) is 6.08 Å². The number of aromatic hydroxyl groups is 1. The molecule has 1 aliphatic heterocycles. The van der Waals surface area contributed by atoms with Crippen molar-refractivity contribution in [3.63, 3.8) is 0 Å². The molecule has 0 aliphatic carbocycles. The highest BCUT2D eigenvalue weighted by Gasteiger charge is 2.31. The van der Waals surface area contributed by atoms with Gasteiger partial charge in [0.05, 0.1) is 10.6 Å². The van der Waals surface area contributed by atoms with E-state index in [2.05, 4.69) is 5.32 Å². The first kappa shape index (κ1) is 18.6. The molecule has 3 rings (SSSR count). The van der Waals surface area contributed by atoms with Crippen LogP contribution in [0.2, 0.25) is 0 Å². The van der Waals surface area contributed by atoms with Gasteiger partial charge in [-0.2, -0.15) is 0 Å². The predicted octanol–water partition coefficient (Wildman–Crippen LogP) is 4.07. The van der Waals surface area contributed by atoms with Crippen LogP contribution in [-0.4, -0.2) is 32.7 Å². The van der Waals surface area contributed by atoms with Crippen molar-refractivity contribution < 1.29 is 14.7 Å². The van der Waals surface area contributed by atoms with E-state index in [0.717, 1.165) is 4.88 Å². The fourth-order valence-electron chi connectivity index (χ4n) is 2.39. The normalized spacial score (nSPS) is 15.7. The molecule has 0 saturated carbocycles. The van der Waals surface area contributed by atoms with Gasteiger partial charge in [0.25, 0.3) is 5.91 Å².